The summed E-state index contributed by atoms with van der Waals surface area (Å²) in [4.78, 5) is 0.201. The topological polar surface area (TPSA) is 72.2 Å². The van der Waals surface area contributed by atoms with Crippen molar-refractivity contribution < 1.29 is 8.42 Å². The third-order valence-corrected chi connectivity index (χ3v) is 6.45. The zero-order valence-corrected chi connectivity index (χ0v) is 13.7. The summed E-state index contributed by atoms with van der Waals surface area (Å²) in [7, 11) is -3.52. The van der Waals surface area contributed by atoms with Crippen LogP contribution in [0.3, 0.4) is 0 Å². The van der Waals surface area contributed by atoms with Gasteiger partial charge in [-0.3, -0.25) is 0 Å². The van der Waals surface area contributed by atoms with Crippen molar-refractivity contribution in [2.45, 2.75) is 37.5 Å². The summed E-state index contributed by atoms with van der Waals surface area (Å²) in [5.74, 6) is 1.94. The molecule has 0 aliphatic heterocycles. The van der Waals surface area contributed by atoms with Gasteiger partial charge in [-0.2, -0.15) is 0 Å². The van der Waals surface area contributed by atoms with E-state index in [2.05, 4.69) is 4.72 Å². The number of benzene rings is 1. The monoisotopic (exact) mass is 328 g/mol. The average Bonchev–Trinajstić information content (AvgIpc) is 3.27. The summed E-state index contributed by atoms with van der Waals surface area (Å²) >= 11 is 5.99. The predicted molar refractivity (Wildman–Crippen MR) is 84.7 cm³/mol. The zero-order chi connectivity index (χ0) is 15.2. The highest BCUT2D eigenvalue weighted by atomic mass is 35.5. The van der Waals surface area contributed by atoms with E-state index in [0.29, 0.717) is 28.7 Å². The number of sulfonamides is 1. The lowest BCUT2D eigenvalue weighted by molar-refractivity contribution is 0.401. The van der Waals surface area contributed by atoms with Crippen molar-refractivity contribution in [3.63, 3.8) is 0 Å². The van der Waals surface area contributed by atoms with Crippen LogP contribution in [-0.2, 0) is 10.0 Å². The molecule has 116 valence electrons. The van der Waals surface area contributed by atoms with Crippen molar-refractivity contribution >= 4 is 27.3 Å². The van der Waals surface area contributed by atoms with E-state index >= 15 is 0 Å². The zero-order valence-electron chi connectivity index (χ0n) is 12.1. The maximum atomic E-state index is 12.4. The van der Waals surface area contributed by atoms with Gasteiger partial charge in [0.1, 0.15) is 0 Å². The molecule has 2 aliphatic rings. The third-order valence-electron chi connectivity index (χ3n) is 4.53. The molecule has 3 N–H and O–H groups in total. The number of nitrogen functional groups attached to an aromatic ring is 1. The first kappa shape index (κ1) is 15.1. The maximum absolute atomic E-state index is 12.4. The van der Waals surface area contributed by atoms with Crippen LogP contribution in [0, 0.1) is 24.7 Å². The minimum absolute atomic E-state index is 0.201. The van der Waals surface area contributed by atoms with Gasteiger partial charge in [0, 0.05) is 6.54 Å². The summed E-state index contributed by atoms with van der Waals surface area (Å²) in [5.41, 5.74) is 6.75. The minimum Gasteiger partial charge on any atom is -0.397 e. The van der Waals surface area contributed by atoms with E-state index in [1.807, 2.05) is 0 Å². The number of hydrogen-bond donors (Lipinski definition) is 2. The number of hydrogen-bond acceptors (Lipinski definition) is 3. The van der Waals surface area contributed by atoms with Crippen LogP contribution in [0.4, 0.5) is 5.69 Å². The second-order valence-corrected chi connectivity index (χ2v) is 8.48. The Morgan fingerprint density at radius 2 is 1.86 bits per heavy atom. The smallest absolute Gasteiger partial charge is 0.240 e. The Hall–Kier alpha value is -0.780. The van der Waals surface area contributed by atoms with Crippen molar-refractivity contribution in [1.82, 2.24) is 4.72 Å². The molecule has 3 rings (SSSR count). The number of rotatable bonds is 6. The van der Waals surface area contributed by atoms with E-state index in [0.717, 1.165) is 11.8 Å². The summed E-state index contributed by atoms with van der Waals surface area (Å²) in [5, 5.41) is 0.419. The minimum atomic E-state index is -3.52. The summed E-state index contributed by atoms with van der Waals surface area (Å²) in [6.07, 6.45) is 4.98. The molecule has 0 saturated heterocycles. The molecule has 0 atom stereocenters. The summed E-state index contributed by atoms with van der Waals surface area (Å²) < 4.78 is 27.6. The molecule has 4 nitrogen and oxygen atoms in total. The molecule has 0 amide bonds. The number of aryl methyl sites for hydroxylation is 1. The SMILES string of the molecule is Cc1cc(S(=O)(=O)NCC(C2CC2)C2CC2)cc(N)c1Cl. The van der Waals surface area contributed by atoms with Gasteiger partial charge in [-0.15, -0.1) is 0 Å². The third kappa shape index (κ3) is 3.35. The molecule has 21 heavy (non-hydrogen) atoms. The highest BCUT2D eigenvalue weighted by Crippen LogP contribution is 2.48. The first-order chi connectivity index (χ1) is 9.88. The van der Waals surface area contributed by atoms with Gasteiger partial charge in [-0.05, 0) is 68.1 Å². The quantitative estimate of drug-likeness (QED) is 0.789. The lowest BCUT2D eigenvalue weighted by atomic mass is 9.99. The van der Waals surface area contributed by atoms with Crippen molar-refractivity contribution in [3.8, 4) is 0 Å². The second-order valence-electron chi connectivity index (χ2n) is 6.33. The molecule has 1 aromatic rings. The van der Waals surface area contributed by atoms with Gasteiger partial charge in [-0.1, -0.05) is 11.6 Å². The number of halogens is 1. The number of anilines is 1. The van der Waals surface area contributed by atoms with Gasteiger partial charge in [0.2, 0.25) is 10.0 Å². The van der Waals surface area contributed by atoms with Crippen LogP contribution in [0.2, 0.25) is 5.02 Å². The second kappa shape index (κ2) is 5.45. The molecule has 6 heteroatoms. The Labute approximate surface area is 131 Å². The Morgan fingerprint density at radius 1 is 1.29 bits per heavy atom. The molecule has 0 bridgehead atoms. The fourth-order valence-corrected chi connectivity index (χ4v) is 4.28. The molecule has 2 aliphatic carbocycles. The van der Waals surface area contributed by atoms with Gasteiger partial charge in [0.15, 0.2) is 0 Å². The van der Waals surface area contributed by atoms with Crippen LogP contribution in [-0.4, -0.2) is 15.0 Å². The summed E-state index contributed by atoms with van der Waals surface area (Å²) in [6, 6.07) is 3.01. The highest BCUT2D eigenvalue weighted by molar-refractivity contribution is 7.89. The molecule has 0 heterocycles. The molecule has 2 fully saturated rings. The van der Waals surface area contributed by atoms with E-state index in [1.54, 1.807) is 13.0 Å². The van der Waals surface area contributed by atoms with Gasteiger partial charge >= 0.3 is 0 Å². The van der Waals surface area contributed by atoms with Crippen LogP contribution in [0.5, 0.6) is 0 Å². The van der Waals surface area contributed by atoms with E-state index in [1.165, 1.54) is 31.7 Å². The molecular weight excluding hydrogens is 308 g/mol. The van der Waals surface area contributed by atoms with Crippen LogP contribution < -0.4 is 10.5 Å². The summed E-state index contributed by atoms with van der Waals surface area (Å²) in [6.45, 7) is 2.30. The van der Waals surface area contributed by atoms with Gasteiger partial charge < -0.3 is 5.73 Å². The van der Waals surface area contributed by atoms with Crippen LogP contribution in [0.15, 0.2) is 17.0 Å². The largest absolute Gasteiger partial charge is 0.397 e. The Kier molecular flexibility index (Phi) is 3.93. The van der Waals surface area contributed by atoms with Gasteiger partial charge in [0.25, 0.3) is 0 Å². The highest BCUT2D eigenvalue weighted by Gasteiger charge is 2.41. The Balaban J connectivity index is 1.74. The fourth-order valence-electron chi connectivity index (χ4n) is 2.97. The van der Waals surface area contributed by atoms with Crippen molar-refractivity contribution in [3.05, 3.63) is 22.7 Å². The van der Waals surface area contributed by atoms with Crippen molar-refractivity contribution in [2.75, 3.05) is 12.3 Å². The Morgan fingerprint density at radius 3 is 2.33 bits per heavy atom. The fraction of sp³-hybridized carbons (Fsp3) is 0.600. The van der Waals surface area contributed by atoms with Gasteiger partial charge in [-0.25, -0.2) is 13.1 Å². The molecule has 0 radical (unpaired) electrons. The first-order valence-electron chi connectivity index (χ1n) is 7.44. The van der Waals surface area contributed by atoms with Gasteiger partial charge in [0.05, 0.1) is 15.6 Å². The lowest BCUT2D eigenvalue weighted by Gasteiger charge is -2.17. The Bertz CT molecular complexity index is 617. The van der Waals surface area contributed by atoms with Crippen LogP contribution >= 0.6 is 11.6 Å². The van der Waals surface area contributed by atoms with E-state index in [-0.39, 0.29) is 4.90 Å². The number of nitrogens with two attached hydrogens (primary N) is 1. The first-order valence-corrected chi connectivity index (χ1v) is 9.30. The van der Waals surface area contributed by atoms with Crippen molar-refractivity contribution in [1.29, 1.82) is 0 Å². The molecule has 1 aromatic carbocycles. The molecule has 0 spiro atoms. The van der Waals surface area contributed by atoms with Crippen LogP contribution in [0.1, 0.15) is 31.2 Å². The molecular formula is C15H21ClN2O2S. The van der Waals surface area contributed by atoms with Crippen LogP contribution in [0.25, 0.3) is 0 Å². The standard InChI is InChI=1S/C15H21ClN2O2S/c1-9-6-12(7-14(17)15(9)16)21(19,20)18-8-13(10-2-3-10)11-4-5-11/h6-7,10-11,13,18H,2-5,8,17H2,1H3. The van der Waals surface area contributed by atoms with E-state index < -0.39 is 10.0 Å². The molecule has 2 saturated carbocycles. The average molecular weight is 329 g/mol. The number of nitrogens with one attached hydrogen (secondary N) is 1. The normalized spacial score (nSPS) is 19.2. The molecule has 0 aromatic heterocycles. The van der Waals surface area contributed by atoms with E-state index in [9.17, 15) is 8.42 Å². The predicted octanol–water partition coefficient (Wildman–Crippen LogP) is 2.95. The van der Waals surface area contributed by atoms with E-state index in [4.69, 9.17) is 17.3 Å². The lowest BCUT2D eigenvalue weighted by Crippen LogP contribution is -2.31. The maximum Gasteiger partial charge on any atom is 0.240 e. The molecule has 0 unspecified atom stereocenters. The van der Waals surface area contributed by atoms with Crippen molar-refractivity contribution in [2.24, 2.45) is 17.8 Å².